The quantitative estimate of drug-likeness (QED) is 0.486. The molecule has 130 valence electrons. The molecule has 2 rings (SSSR count). The van der Waals surface area contributed by atoms with Crippen molar-refractivity contribution in [2.75, 3.05) is 5.75 Å². The fraction of sp³-hybridized carbons (Fsp3) is 0.176. The summed E-state index contributed by atoms with van der Waals surface area (Å²) in [6.45, 7) is 4.02. The first-order valence-corrected chi connectivity index (χ1v) is 8.39. The second-order valence-corrected chi connectivity index (χ2v) is 6.39. The van der Waals surface area contributed by atoms with Crippen molar-refractivity contribution >= 4 is 29.3 Å². The number of nitro groups is 1. The summed E-state index contributed by atoms with van der Waals surface area (Å²) in [6, 6.07) is 11.0. The number of thioether (sulfide) groups is 1. The van der Waals surface area contributed by atoms with Crippen LogP contribution >= 0.6 is 11.8 Å². The van der Waals surface area contributed by atoms with Crippen molar-refractivity contribution in [3.63, 3.8) is 0 Å². The first-order valence-electron chi connectivity index (χ1n) is 7.40. The topological polar surface area (TPSA) is 101 Å². The molecule has 2 aromatic carbocycles. The summed E-state index contributed by atoms with van der Waals surface area (Å²) in [6.07, 6.45) is 0. The summed E-state index contributed by atoms with van der Waals surface area (Å²) in [7, 11) is 0. The van der Waals surface area contributed by atoms with E-state index < -0.39 is 10.8 Å². The number of hydrogen-bond donors (Lipinski definition) is 2. The van der Waals surface area contributed by atoms with Gasteiger partial charge in [-0.3, -0.25) is 30.6 Å². The Balaban J connectivity index is 1.81. The summed E-state index contributed by atoms with van der Waals surface area (Å²) in [5.41, 5.74) is 7.05. The van der Waals surface area contributed by atoms with E-state index in [0.717, 1.165) is 10.5 Å². The second-order valence-electron chi connectivity index (χ2n) is 5.34. The molecular weight excluding hydrogens is 342 g/mol. The van der Waals surface area contributed by atoms with Gasteiger partial charge in [-0.05, 0) is 49.2 Å². The highest BCUT2D eigenvalue weighted by Gasteiger charge is 2.10. The van der Waals surface area contributed by atoms with E-state index >= 15 is 0 Å². The van der Waals surface area contributed by atoms with Crippen LogP contribution in [0, 0.1) is 24.0 Å². The van der Waals surface area contributed by atoms with E-state index in [4.69, 9.17) is 0 Å². The molecule has 25 heavy (non-hydrogen) atoms. The Morgan fingerprint density at radius 3 is 2.32 bits per heavy atom. The van der Waals surface area contributed by atoms with Crippen LogP contribution in [0.5, 0.6) is 0 Å². The fourth-order valence-electron chi connectivity index (χ4n) is 1.92. The highest BCUT2D eigenvalue weighted by atomic mass is 32.2. The van der Waals surface area contributed by atoms with Gasteiger partial charge in [-0.2, -0.15) is 0 Å². The van der Waals surface area contributed by atoms with E-state index in [9.17, 15) is 19.7 Å². The van der Waals surface area contributed by atoms with Gasteiger partial charge in [-0.1, -0.05) is 6.07 Å². The largest absolute Gasteiger partial charge is 0.272 e. The number of carbonyl (C=O) groups excluding carboxylic acids is 2. The number of aryl methyl sites for hydroxylation is 2. The first-order chi connectivity index (χ1) is 11.9. The maximum Gasteiger partial charge on any atom is 0.269 e. The van der Waals surface area contributed by atoms with Crippen LogP contribution < -0.4 is 10.9 Å². The summed E-state index contributed by atoms with van der Waals surface area (Å²) in [4.78, 5) is 34.7. The molecule has 0 heterocycles. The highest BCUT2D eigenvalue weighted by molar-refractivity contribution is 8.00. The average molecular weight is 359 g/mol. The lowest BCUT2D eigenvalue weighted by Crippen LogP contribution is -2.42. The number of amides is 2. The Morgan fingerprint density at radius 2 is 1.72 bits per heavy atom. The number of non-ortho nitro benzene ring substituents is 1. The normalized spacial score (nSPS) is 10.2. The van der Waals surface area contributed by atoms with Crippen molar-refractivity contribution in [3.8, 4) is 0 Å². The molecule has 2 aromatic rings. The lowest BCUT2D eigenvalue weighted by Gasteiger charge is -2.08. The molecule has 0 spiro atoms. The van der Waals surface area contributed by atoms with Crippen molar-refractivity contribution in [3.05, 3.63) is 69.3 Å². The maximum atomic E-state index is 11.9. The van der Waals surface area contributed by atoms with Crippen LogP contribution in [0.4, 0.5) is 5.69 Å². The minimum atomic E-state index is -0.548. The average Bonchev–Trinajstić information content (AvgIpc) is 2.60. The van der Waals surface area contributed by atoms with E-state index in [1.165, 1.54) is 41.6 Å². The van der Waals surface area contributed by atoms with E-state index in [-0.39, 0.29) is 22.9 Å². The number of hydrogen-bond acceptors (Lipinski definition) is 5. The summed E-state index contributed by atoms with van der Waals surface area (Å²) >= 11 is 1.37. The zero-order valence-electron chi connectivity index (χ0n) is 13.7. The molecule has 0 aliphatic heterocycles. The molecule has 0 bridgehead atoms. The maximum absolute atomic E-state index is 11.9. The van der Waals surface area contributed by atoms with Crippen molar-refractivity contribution in [1.29, 1.82) is 0 Å². The Kier molecular flexibility index (Phi) is 6.13. The van der Waals surface area contributed by atoms with Crippen LogP contribution in [-0.4, -0.2) is 22.5 Å². The molecule has 0 aromatic heterocycles. The van der Waals surface area contributed by atoms with Gasteiger partial charge < -0.3 is 0 Å². The smallest absolute Gasteiger partial charge is 0.269 e. The number of rotatable bonds is 5. The molecule has 8 heteroatoms. The van der Waals surface area contributed by atoms with Crippen LogP contribution in [-0.2, 0) is 4.79 Å². The summed E-state index contributed by atoms with van der Waals surface area (Å²) in [5, 5.41) is 10.6. The highest BCUT2D eigenvalue weighted by Crippen LogP contribution is 2.20. The van der Waals surface area contributed by atoms with Crippen LogP contribution in [0.3, 0.4) is 0 Å². The number of nitrogens with one attached hydrogen (secondary N) is 2. The van der Waals surface area contributed by atoms with Gasteiger partial charge >= 0.3 is 0 Å². The second kappa shape index (κ2) is 8.29. The van der Waals surface area contributed by atoms with Crippen molar-refractivity contribution < 1.29 is 14.5 Å². The molecule has 0 unspecified atom stereocenters. The van der Waals surface area contributed by atoms with Gasteiger partial charge in [0.15, 0.2) is 0 Å². The number of nitrogens with zero attached hydrogens (tertiary/aromatic N) is 1. The van der Waals surface area contributed by atoms with E-state index in [1.54, 1.807) is 0 Å². The number of benzene rings is 2. The predicted molar refractivity (Wildman–Crippen MR) is 95.3 cm³/mol. The SMILES string of the molecule is Cc1ccc(SCC(=O)NNC(=O)c2ccc([N+](=O)[O-])cc2)cc1C. The Bertz CT molecular complexity index is 806. The zero-order chi connectivity index (χ0) is 18.4. The van der Waals surface area contributed by atoms with Crippen LogP contribution in [0.15, 0.2) is 47.4 Å². The lowest BCUT2D eigenvalue weighted by atomic mass is 10.1. The molecule has 0 atom stereocenters. The van der Waals surface area contributed by atoms with Crippen molar-refractivity contribution in [1.82, 2.24) is 10.9 Å². The molecule has 0 aliphatic carbocycles. The van der Waals surface area contributed by atoms with Gasteiger partial charge in [0.1, 0.15) is 0 Å². The zero-order valence-corrected chi connectivity index (χ0v) is 14.6. The number of nitro benzene ring substituents is 1. The van der Waals surface area contributed by atoms with Gasteiger partial charge in [-0.25, -0.2) is 0 Å². The molecular formula is C17H17N3O4S. The Morgan fingerprint density at radius 1 is 1.04 bits per heavy atom. The van der Waals surface area contributed by atoms with Gasteiger partial charge in [0.05, 0.1) is 10.7 Å². The molecule has 0 fully saturated rings. The minimum absolute atomic E-state index is 0.106. The molecule has 2 N–H and O–H groups in total. The van der Waals surface area contributed by atoms with Crippen LogP contribution in [0.1, 0.15) is 21.5 Å². The predicted octanol–water partition coefficient (Wildman–Crippen LogP) is 2.76. The molecule has 0 aliphatic rings. The van der Waals surface area contributed by atoms with Gasteiger partial charge in [0.25, 0.3) is 11.6 Å². The monoisotopic (exact) mass is 359 g/mol. The van der Waals surface area contributed by atoms with E-state index in [1.807, 2.05) is 32.0 Å². The van der Waals surface area contributed by atoms with Crippen LogP contribution in [0.25, 0.3) is 0 Å². The lowest BCUT2D eigenvalue weighted by molar-refractivity contribution is -0.384. The number of hydrazine groups is 1. The Labute approximate surface area is 148 Å². The third-order valence-electron chi connectivity index (χ3n) is 3.50. The minimum Gasteiger partial charge on any atom is -0.272 e. The van der Waals surface area contributed by atoms with Crippen molar-refractivity contribution in [2.45, 2.75) is 18.7 Å². The fourth-order valence-corrected chi connectivity index (χ4v) is 2.72. The van der Waals surface area contributed by atoms with Gasteiger partial charge in [-0.15, -0.1) is 11.8 Å². The summed E-state index contributed by atoms with van der Waals surface area (Å²) in [5.74, 6) is -0.735. The third-order valence-corrected chi connectivity index (χ3v) is 4.50. The molecule has 0 radical (unpaired) electrons. The summed E-state index contributed by atoms with van der Waals surface area (Å²) < 4.78 is 0. The van der Waals surface area contributed by atoms with Crippen LogP contribution in [0.2, 0.25) is 0 Å². The standard InChI is InChI=1S/C17H17N3O4S/c1-11-3-8-15(9-12(11)2)25-10-16(21)18-19-17(22)13-4-6-14(7-5-13)20(23)24/h3-9H,10H2,1-2H3,(H,18,21)(H,19,22). The van der Waals surface area contributed by atoms with E-state index in [2.05, 4.69) is 10.9 Å². The molecule has 7 nitrogen and oxygen atoms in total. The Hall–Kier alpha value is -2.87. The van der Waals surface area contributed by atoms with Gasteiger partial charge in [0, 0.05) is 22.6 Å². The van der Waals surface area contributed by atoms with Gasteiger partial charge in [0.2, 0.25) is 5.91 Å². The molecule has 0 saturated heterocycles. The first kappa shape index (κ1) is 18.5. The van der Waals surface area contributed by atoms with Crippen molar-refractivity contribution in [2.24, 2.45) is 0 Å². The van der Waals surface area contributed by atoms with E-state index in [0.29, 0.717) is 0 Å². The molecule has 0 saturated carbocycles. The molecule has 2 amide bonds. The number of carbonyl (C=O) groups is 2. The third kappa shape index (κ3) is 5.32.